The van der Waals surface area contributed by atoms with Crippen LogP contribution in [-0.2, 0) is 17.0 Å². The predicted molar refractivity (Wildman–Crippen MR) is 166 cm³/mol. The summed E-state index contributed by atoms with van der Waals surface area (Å²) in [5.74, 6) is -0.748. The second-order valence-corrected chi connectivity index (χ2v) is 19.2. The van der Waals surface area contributed by atoms with Gasteiger partial charge in [-0.25, -0.2) is 4.39 Å². The summed E-state index contributed by atoms with van der Waals surface area (Å²) < 4.78 is 61.5. The van der Waals surface area contributed by atoms with Gasteiger partial charge in [0, 0.05) is 11.1 Å². The maximum absolute atomic E-state index is 14.4. The molecule has 230 valence electrons. The van der Waals surface area contributed by atoms with Gasteiger partial charge in [-0.1, -0.05) is 71.4 Å². The first-order valence-electron chi connectivity index (χ1n) is 15.3. The van der Waals surface area contributed by atoms with Crippen LogP contribution in [0.15, 0.2) is 54.6 Å². The van der Waals surface area contributed by atoms with Crippen molar-refractivity contribution in [3.8, 4) is 11.1 Å². The fourth-order valence-electron chi connectivity index (χ4n) is 6.52. The third-order valence-electron chi connectivity index (χ3n) is 10.1. The summed E-state index contributed by atoms with van der Waals surface area (Å²) in [6.07, 6.45) is 0.469. The summed E-state index contributed by atoms with van der Waals surface area (Å²) in [5.41, 5.74) is 4.45. The smallest absolute Gasteiger partial charge is 0.410 e. The van der Waals surface area contributed by atoms with Crippen LogP contribution in [0.3, 0.4) is 0 Å². The Morgan fingerprint density at radius 2 is 1.58 bits per heavy atom. The molecule has 0 amide bonds. The van der Waals surface area contributed by atoms with Crippen molar-refractivity contribution in [2.24, 2.45) is 5.41 Å². The Balaban J connectivity index is 1.79. The molecule has 1 atom stereocenters. The lowest BCUT2D eigenvalue weighted by atomic mass is 9.58. The first kappa shape index (κ1) is 31.6. The zero-order valence-electron chi connectivity index (χ0n) is 26.2. The van der Waals surface area contributed by atoms with Crippen LogP contribution in [0.2, 0.25) is 18.1 Å². The van der Waals surface area contributed by atoms with Gasteiger partial charge in [0.05, 0.1) is 11.7 Å². The van der Waals surface area contributed by atoms with Gasteiger partial charge in [-0.15, -0.1) is 0 Å². The zero-order valence-corrected chi connectivity index (χ0v) is 27.2. The first-order chi connectivity index (χ1) is 19.9. The second kappa shape index (κ2) is 11.0. The molecule has 0 heterocycles. The van der Waals surface area contributed by atoms with E-state index in [0.29, 0.717) is 11.1 Å². The molecule has 0 radical (unpaired) electrons. The van der Waals surface area contributed by atoms with Gasteiger partial charge in [0.15, 0.2) is 14.1 Å². The van der Waals surface area contributed by atoms with Crippen LogP contribution in [0, 0.1) is 11.2 Å². The minimum Gasteiger partial charge on any atom is -0.410 e. The molecule has 2 aliphatic carbocycles. The van der Waals surface area contributed by atoms with Crippen molar-refractivity contribution in [1.29, 1.82) is 0 Å². The van der Waals surface area contributed by atoms with E-state index in [4.69, 9.17) is 4.43 Å². The molecule has 0 N–H and O–H groups in total. The largest absolute Gasteiger partial charge is 0.416 e. The highest BCUT2D eigenvalue weighted by Crippen LogP contribution is 2.58. The lowest BCUT2D eigenvalue weighted by molar-refractivity contribution is -0.137. The molecule has 5 rings (SSSR count). The fourth-order valence-corrected chi connectivity index (χ4v) is 7.79. The number of fused-ring (bicyclic) bond motifs is 1. The minimum atomic E-state index is -4.50. The highest BCUT2D eigenvalue weighted by molar-refractivity contribution is 6.74. The zero-order chi connectivity index (χ0) is 31.5. The quantitative estimate of drug-likeness (QED) is 0.158. The standard InChI is InChI=1S/C36H42F4O2Si/c1-22(2)28-19-25-20-35(17-8-18-35)21-29(42-43(6,7)34(3,4)5)30(25)31(23-11-15-27(37)16-12-23)32(28)33(41)24-9-13-26(14-10-24)36(38,39)40/h9-16,19,22,29H,8,17-18,20-21H2,1-7H3/t29-/m1/s1. The van der Waals surface area contributed by atoms with E-state index < -0.39 is 20.1 Å². The van der Waals surface area contributed by atoms with E-state index in [0.717, 1.165) is 54.5 Å². The van der Waals surface area contributed by atoms with Crippen LogP contribution in [-0.4, -0.2) is 14.1 Å². The van der Waals surface area contributed by atoms with Crippen LogP contribution in [0.1, 0.15) is 110 Å². The van der Waals surface area contributed by atoms with Crippen LogP contribution in [0.4, 0.5) is 17.6 Å². The summed E-state index contributed by atoms with van der Waals surface area (Å²) in [7, 11) is -2.26. The van der Waals surface area contributed by atoms with Gasteiger partial charge in [-0.05, 0) is 107 Å². The van der Waals surface area contributed by atoms with E-state index >= 15 is 0 Å². The molecule has 43 heavy (non-hydrogen) atoms. The summed E-state index contributed by atoms with van der Waals surface area (Å²) in [6, 6.07) is 12.8. The van der Waals surface area contributed by atoms with Crippen molar-refractivity contribution in [2.45, 2.75) is 103 Å². The number of hydrogen-bond donors (Lipinski definition) is 0. The van der Waals surface area contributed by atoms with E-state index in [1.807, 2.05) is 13.8 Å². The van der Waals surface area contributed by atoms with Crippen LogP contribution >= 0.6 is 0 Å². The Bertz CT molecular complexity index is 1510. The van der Waals surface area contributed by atoms with Gasteiger partial charge >= 0.3 is 6.18 Å². The highest BCUT2D eigenvalue weighted by atomic mass is 28.4. The number of rotatable bonds is 6. The van der Waals surface area contributed by atoms with Gasteiger partial charge < -0.3 is 4.43 Å². The van der Waals surface area contributed by atoms with Gasteiger partial charge in [-0.3, -0.25) is 4.79 Å². The molecule has 3 aromatic rings. The Morgan fingerprint density at radius 3 is 2.07 bits per heavy atom. The Labute approximate surface area is 254 Å². The Morgan fingerprint density at radius 1 is 0.977 bits per heavy atom. The van der Waals surface area contributed by atoms with Crippen molar-refractivity contribution in [3.05, 3.63) is 93.8 Å². The Kier molecular flexibility index (Phi) is 8.09. The van der Waals surface area contributed by atoms with Crippen molar-refractivity contribution in [2.75, 3.05) is 0 Å². The number of halogens is 4. The molecule has 1 spiro atoms. The molecule has 1 saturated carbocycles. The Hall–Kier alpha value is -2.77. The molecule has 1 fully saturated rings. The first-order valence-corrected chi connectivity index (χ1v) is 18.2. The number of benzene rings is 3. The van der Waals surface area contributed by atoms with E-state index in [1.165, 1.54) is 36.2 Å². The minimum absolute atomic E-state index is 0.0306. The molecule has 7 heteroatoms. The molecule has 0 unspecified atom stereocenters. The van der Waals surface area contributed by atoms with Crippen molar-refractivity contribution in [3.63, 3.8) is 0 Å². The van der Waals surface area contributed by atoms with Gasteiger partial charge in [0.2, 0.25) is 0 Å². The summed E-state index contributed by atoms with van der Waals surface area (Å²) in [6.45, 7) is 15.2. The highest BCUT2D eigenvalue weighted by Gasteiger charge is 2.48. The molecule has 0 bridgehead atoms. The van der Waals surface area contributed by atoms with Crippen molar-refractivity contribution in [1.82, 2.24) is 0 Å². The summed E-state index contributed by atoms with van der Waals surface area (Å²) in [4.78, 5) is 14.4. The third-order valence-corrected chi connectivity index (χ3v) is 14.6. The summed E-state index contributed by atoms with van der Waals surface area (Å²) in [5, 5.41) is -0.0375. The third kappa shape index (κ3) is 5.99. The van der Waals surface area contributed by atoms with E-state index in [-0.39, 0.29) is 39.6 Å². The SMILES string of the molecule is CC(C)c1cc2c(c(-c3ccc(F)cc3)c1C(=O)c1ccc(C(F)(F)F)cc1)[C@H](O[Si](C)(C)C(C)(C)C)CC1(CCC1)C2. The summed E-state index contributed by atoms with van der Waals surface area (Å²) >= 11 is 0. The monoisotopic (exact) mass is 610 g/mol. The van der Waals surface area contributed by atoms with Crippen LogP contribution in [0.5, 0.6) is 0 Å². The lowest BCUT2D eigenvalue weighted by Crippen LogP contribution is -2.45. The van der Waals surface area contributed by atoms with Crippen molar-refractivity contribution >= 4 is 14.1 Å². The van der Waals surface area contributed by atoms with E-state index in [9.17, 15) is 22.4 Å². The predicted octanol–water partition coefficient (Wildman–Crippen LogP) is 11.0. The average Bonchev–Trinajstić information content (AvgIpc) is 2.90. The second-order valence-electron chi connectivity index (χ2n) is 14.5. The van der Waals surface area contributed by atoms with Crippen LogP contribution in [0.25, 0.3) is 11.1 Å². The number of carbonyl (C=O) groups is 1. The lowest BCUT2D eigenvalue weighted by Gasteiger charge is -2.51. The molecule has 2 nitrogen and oxygen atoms in total. The molecule has 2 aliphatic rings. The van der Waals surface area contributed by atoms with Gasteiger partial charge in [-0.2, -0.15) is 13.2 Å². The number of carbonyl (C=O) groups excluding carboxylic acids is 1. The van der Waals surface area contributed by atoms with E-state index in [2.05, 4.69) is 39.9 Å². The molecule has 0 aliphatic heterocycles. The molecular weight excluding hydrogens is 568 g/mol. The maximum Gasteiger partial charge on any atom is 0.416 e. The molecule has 0 saturated heterocycles. The maximum atomic E-state index is 14.4. The fraction of sp³-hybridized carbons (Fsp3) is 0.472. The molecule has 3 aromatic carbocycles. The molecule has 0 aromatic heterocycles. The van der Waals surface area contributed by atoms with Crippen LogP contribution < -0.4 is 0 Å². The molecular formula is C36H42F4O2Si. The van der Waals surface area contributed by atoms with Gasteiger partial charge in [0.25, 0.3) is 0 Å². The average molecular weight is 611 g/mol. The number of alkyl halides is 3. The number of hydrogen-bond acceptors (Lipinski definition) is 2. The number of ketones is 1. The normalized spacial score (nSPS) is 18.5. The van der Waals surface area contributed by atoms with E-state index in [1.54, 1.807) is 12.1 Å². The topological polar surface area (TPSA) is 26.3 Å². The van der Waals surface area contributed by atoms with Crippen molar-refractivity contribution < 1.29 is 26.8 Å². The van der Waals surface area contributed by atoms with Gasteiger partial charge in [0.1, 0.15) is 5.82 Å².